The fourth-order valence-electron chi connectivity index (χ4n) is 1.71. The van der Waals surface area contributed by atoms with Gasteiger partial charge in [0.15, 0.2) is 5.78 Å². The van der Waals surface area contributed by atoms with Crippen molar-refractivity contribution >= 4 is 27.2 Å². The van der Waals surface area contributed by atoms with Crippen LogP contribution in [0.15, 0.2) is 33.5 Å². The number of carbonyl (C=O) groups excluding carboxylic acids is 1. The summed E-state index contributed by atoms with van der Waals surface area (Å²) in [6.45, 7) is 3.31. The highest BCUT2D eigenvalue weighted by atomic mass is 79.9. The summed E-state index contributed by atoms with van der Waals surface area (Å²) in [6.07, 6.45) is 0. The second-order valence-corrected chi connectivity index (χ2v) is 4.45. The van der Waals surface area contributed by atoms with Gasteiger partial charge in [-0.25, -0.2) is 0 Å². The Hall–Kier alpha value is -1.42. The molecule has 0 spiro atoms. The molecular weight excluding hydrogens is 270 g/mol. The first-order valence-electron chi connectivity index (χ1n) is 4.84. The number of aromatic nitrogens is 1. The smallest absolute Gasteiger partial charge is 0.270 e. The summed E-state index contributed by atoms with van der Waals surface area (Å²) in [5, 5.41) is 0. The second-order valence-electron chi connectivity index (χ2n) is 3.66. The van der Waals surface area contributed by atoms with Crippen LogP contribution in [0, 0.1) is 6.92 Å². The molecule has 0 aliphatic heterocycles. The van der Waals surface area contributed by atoms with Gasteiger partial charge in [0.1, 0.15) is 0 Å². The van der Waals surface area contributed by atoms with Crippen molar-refractivity contribution in [2.75, 3.05) is 0 Å². The van der Waals surface area contributed by atoms with E-state index >= 15 is 0 Å². The van der Waals surface area contributed by atoms with E-state index in [4.69, 9.17) is 0 Å². The third kappa shape index (κ3) is 1.59. The SMILES string of the molecule is CC(=O)c1cc2cccc(C)n2c(=O)c1Br. The Kier molecular flexibility index (Phi) is 2.68. The summed E-state index contributed by atoms with van der Waals surface area (Å²) in [6, 6.07) is 7.25. The molecule has 82 valence electrons. The maximum atomic E-state index is 12.0. The van der Waals surface area contributed by atoms with Crippen molar-refractivity contribution in [2.45, 2.75) is 13.8 Å². The molecule has 0 saturated heterocycles. The van der Waals surface area contributed by atoms with Crippen LogP contribution in [-0.4, -0.2) is 10.2 Å². The van der Waals surface area contributed by atoms with Gasteiger partial charge in [0.2, 0.25) is 0 Å². The molecule has 0 aliphatic carbocycles. The third-order valence-electron chi connectivity index (χ3n) is 2.51. The zero-order valence-electron chi connectivity index (χ0n) is 8.95. The van der Waals surface area contributed by atoms with E-state index in [0.29, 0.717) is 10.0 Å². The minimum absolute atomic E-state index is 0.118. The number of carbonyl (C=O) groups is 1. The van der Waals surface area contributed by atoms with Crippen LogP contribution in [0.4, 0.5) is 0 Å². The van der Waals surface area contributed by atoms with E-state index < -0.39 is 0 Å². The zero-order chi connectivity index (χ0) is 11.9. The lowest BCUT2D eigenvalue weighted by Crippen LogP contribution is -2.19. The predicted molar refractivity (Wildman–Crippen MR) is 66.1 cm³/mol. The molecule has 0 bridgehead atoms. The van der Waals surface area contributed by atoms with Crippen molar-refractivity contribution in [1.29, 1.82) is 0 Å². The first-order chi connectivity index (χ1) is 7.52. The van der Waals surface area contributed by atoms with E-state index in [0.717, 1.165) is 11.2 Å². The van der Waals surface area contributed by atoms with Crippen LogP contribution in [0.3, 0.4) is 0 Å². The van der Waals surface area contributed by atoms with Gasteiger partial charge in [0.05, 0.1) is 4.47 Å². The molecule has 3 nitrogen and oxygen atoms in total. The maximum absolute atomic E-state index is 12.0. The highest BCUT2D eigenvalue weighted by Crippen LogP contribution is 2.16. The first kappa shape index (κ1) is 11.1. The van der Waals surface area contributed by atoms with Crippen LogP contribution < -0.4 is 5.56 Å². The molecule has 0 amide bonds. The van der Waals surface area contributed by atoms with Gasteiger partial charge in [-0.05, 0) is 48.0 Å². The number of halogens is 1. The lowest BCUT2D eigenvalue weighted by atomic mass is 10.1. The van der Waals surface area contributed by atoms with Crippen LogP contribution in [0.1, 0.15) is 23.0 Å². The highest BCUT2D eigenvalue weighted by Gasteiger charge is 2.12. The average molecular weight is 280 g/mol. The van der Waals surface area contributed by atoms with Crippen molar-refractivity contribution in [1.82, 2.24) is 4.40 Å². The van der Waals surface area contributed by atoms with Gasteiger partial charge in [-0.2, -0.15) is 0 Å². The number of rotatable bonds is 1. The molecule has 0 N–H and O–H groups in total. The number of nitrogens with zero attached hydrogens (tertiary/aromatic N) is 1. The van der Waals surface area contributed by atoms with Crippen molar-refractivity contribution < 1.29 is 4.79 Å². The summed E-state index contributed by atoms with van der Waals surface area (Å²) in [7, 11) is 0. The Morgan fingerprint density at radius 3 is 2.69 bits per heavy atom. The first-order valence-corrected chi connectivity index (χ1v) is 5.63. The number of aryl methyl sites for hydroxylation is 1. The molecule has 2 aromatic rings. The van der Waals surface area contributed by atoms with Crippen molar-refractivity contribution in [3.8, 4) is 0 Å². The van der Waals surface area contributed by atoms with Gasteiger partial charge in [0, 0.05) is 16.8 Å². The lowest BCUT2D eigenvalue weighted by Gasteiger charge is -2.07. The van der Waals surface area contributed by atoms with Gasteiger partial charge in [-0.1, -0.05) is 6.07 Å². The van der Waals surface area contributed by atoms with E-state index in [1.165, 1.54) is 6.92 Å². The minimum Gasteiger partial charge on any atom is -0.294 e. The molecule has 0 aliphatic rings. The topological polar surface area (TPSA) is 38.5 Å². The van der Waals surface area contributed by atoms with Gasteiger partial charge >= 0.3 is 0 Å². The fourth-order valence-corrected chi connectivity index (χ4v) is 2.28. The van der Waals surface area contributed by atoms with E-state index in [2.05, 4.69) is 15.9 Å². The van der Waals surface area contributed by atoms with Crippen molar-refractivity contribution in [3.63, 3.8) is 0 Å². The largest absolute Gasteiger partial charge is 0.294 e. The van der Waals surface area contributed by atoms with Crippen molar-refractivity contribution in [2.24, 2.45) is 0 Å². The van der Waals surface area contributed by atoms with Crippen molar-refractivity contribution in [3.05, 3.63) is 50.3 Å². The van der Waals surface area contributed by atoms with E-state index in [1.807, 2.05) is 25.1 Å². The van der Waals surface area contributed by atoms with Gasteiger partial charge in [-0.15, -0.1) is 0 Å². The Morgan fingerprint density at radius 2 is 2.06 bits per heavy atom. The van der Waals surface area contributed by atoms with Crippen LogP contribution in [0.25, 0.3) is 5.52 Å². The third-order valence-corrected chi connectivity index (χ3v) is 3.28. The van der Waals surface area contributed by atoms with E-state index in [-0.39, 0.29) is 11.3 Å². The van der Waals surface area contributed by atoms with E-state index in [9.17, 15) is 9.59 Å². The average Bonchev–Trinajstić information content (AvgIpc) is 2.22. The number of hydrogen-bond acceptors (Lipinski definition) is 2. The summed E-state index contributed by atoms with van der Waals surface area (Å²) in [4.78, 5) is 23.4. The molecule has 0 saturated carbocycles. The van der Waals surface area contributed by atoms with Crippen LogP contribution in [0.5, 0.6) is 0 Å². The summed E-state index contributed by atoms with van der Waals surface area (Å²) in [5.74, 6) is -0.118. The molecule has 16 heavy (non-hydrogen) atoms. The van der Waals surface area contributed by atoms with Crippen LogP contribution in [-0.2, 0) is 0 Å². The fraction of sp³-hybridized carbons (Fsp3) is 0.167. The molecule has 0 unspecified atom stereocenters. The number of fused-ring (bicyclic) bond motifs is 1. The zero-order valence-corrected chi connectivity index (χ0v) is 10.5. The summed E-state index contributed by atoms with van der Waals surface area (Å²) >= 11 is 3.18. The Labute approximate surface area is 101 Å². The molecular formula is C12H10BrNO2. The lowest BCUT2D eigenvalue weighted by molar-refractivity contribution is 0.101. The number of hydrogen-bond donors (Lipinski definition) is 0. The quantitative estimate of drug-likeness (QED) is 0.753. The van der Waals surface area contributed by atoms with Crippen LogP contribution >= 0.6 is 15.9 Å². The van der Waals surface area contributed by atoms with E-state index in [1.54, 1.807) is 10.5 Å². The highest BCUT2D eigenvalue weighted by molar-refractivity contribution is 9.10. The Morgan fingerprint density at radius 1 is 1.38 bits per heavy atom. The standard InChI is InChI=1S/C12H10BrNO2/c1-7-4-3-5-9-6-10(8(2)15)11(13)12(16)14(7)9/h3-6H,1-2H3. The molecule has 0 radical (unpaired) electrons. The van der Waals surface area contributed by atoms with Gasteiger partial charge in [0.25, 0.3) is 5.56 Å². The second kappa shape index (κ2) is 3.87. The minimum atomic E-state index is -0.194. The molecule has 2 heterocycles. The number of Topliss-reactive ketones (excluding diaryl/α,β-unsaturated/α-hetero) is 1. The summed E-state index contributed by atoms with van der Waals surface area (Å²) in [5.41, 5.74) is 1.81. The molecule has 2 aromatic heterocycles. The van der Waals surface area contributed by atoms with Gasteiger partial charge < -0.3 is 0 Å². The Bertz CT molecular complexity index is 643. The number of pyridine rings is 2. The molecule has 2 rings (SSSR count). The molecule has 0 atom stereocenters. The molecule has 0 aromatic carbocycles. The van der Waals surface area contributed by atoms with Gasteiger partial charge in [-0.3, -0.25) is 14.0 Å². The Balaban J connectivity index is 3.00. The normalized spacial score (nSPS) is 10.7. The molecule has 0 fully saturated rings. The van der Waals surface area contributed by atoms with Crippen LogP contribution in [0.2, 0.25) is 0 Å². The predicted octanol–water partition coefficient (Wildman–Crippen LogP) is 2.57. The maximum Gasteiger partial charge on any atom is 0.270 e. The summed E-state index contributed by atoms with van der Waals surface area (Å²) < 4.78 is 1.91. The number of ketones is 1. The molecule has 4 heteroatoms. The monoisotopic (exact) mass is 279 g/mol.